The van der Waals surface area contributed by atoms with Gasteiger partial charge >= 0.3 is 0 Å². The molecular formula is C26H26ClFN2O3S. The minimum absolute atomic E-state index is 0.0468. The Morgan fingerprint density at radius 3 is 2.79 bits per heavy atom. The number of hydrogen-bond acceptors (Lipinski definition) is 4. The van der Waals surface area contributed by atoms with Crippen LogP contribution in [0.5, 0.6) is 5.75 Å². The molecule has 8 heteroatoms. The number of amides is 2. The highest BCUT2D eigenvalue weighted by Crippen LogP contribution is 2.34. The van der Waals surface area contributed by atoms with Gasteiger partial charge in [-0.25, -0.2) is 4.39 Å². The monoisotopic (exact) mass is 500 g/mol. The number of para-hydroxylation sites is 1. The number of benzene rings is 2. The van der Waals surface area contributed by atoms with E-state index < -0.39 is 5.82 Å². The van der Waals surface area contributed by atoms with Crippen molar-refractivity contribution in [3.63, 3.8) is 0 Å². The Morgan fingerprint density at radius 1 is 1.21 bits per heavy atom. The Hall–Kier alpha value is -2.90. The number of rotatable bonds is 8. The van der Waals surface area contributed by atoms with Gasteiger partial charge < -0.3 is 14.5 Å². The minimum atomic E-state index is -0.442. The van der Waals surface area contributed by atoms with Crippen molar-refractivity contribution < 1.29 is 18.7 Å². The fourth-order valence-electron chi connectivity index (χ4n) is 4.19. The number of hydrogen-bond donors (Lipinski definition) is 0. The molecule has 2 amide bonds. The maximum absolute atomic E-state index is 14.1. The normalized spacial score (nSPS) is 15.0. The zero-order valence-corrected chi connectivity index (χ0v) is 20.4. The summed E-state index contributed by atoms with van der Waals surface area (Å²) in [5.41, 5.74) is 1.47. The van der Waals surface area contributed by atoms with E-state index in [1.807, 2.05) is 18.4 Å². The molecule has 2 heterocycles. The van der Waals surface area contributed by atoms with Gasteiger partial charge in [-0.2, -0.15) is 0 Å². The molecular weight excluding hydrogens is 475 g/mol. The first kappa shape index (κ1) is 24.2. The summed E-state index contributed by atoms with van der Waals surface area (Å²) < 4.78 is 19.9. The highest BCUT2D eigenvalue weighted by atomic mass is 35.5. The number of thiophene rings is 1. The van der Waals surface area contributed by atoms with Crippen LogP contribution in [0.25, 0.3) is 0 Å². The summed E-state index contributed by atoms with van der Waals surface area (Å²) in [5.74, 6) is -0.683. The lowest BCUT2D eigenvalue weighted by Crippen LogP contribution is -2.48. The summed E-state index contributed by atoms with van der Waals surface area (Å²) in [7, 11) is 0. The Kier molecular flexibility index (Phi) is 7.85. The molecule has 1 aromatic heterocycles. The van der Waals surface area contributed by atoms with Crippen LogP contribution < -0.4 is 4.74 Å². The molecule has 178 valence electrons. The second-order valence-electron chi connectivity index (χ2n) is 8.13. The third kappa shape index (κ3) is 5.42. The van der Waals surface area contributed by atoms with Gasteiger partial charge in [-0.1, -0.05) is 36.7 Å². The molecule has 0 bridgehead atoms. The van der Waals surface area contributed by atoms with Crippen LogP contribution in [0.3, 0.4) is 0 Å². The van der Waals surface area contributed by atoms with Gasteiger partial charge in [0, 0.05) is 28.6 Å². The molecule has 1 aliphatic rings. The van der Waals surface area contributed by atoms with Gasteiger partial charge in [-0.15, -0.1) is 11.3 Å². The summed E-state index contributed by atoms with van der Waals surface area (Å²) in [4.78, 5) is 31.1. The number of carbonyl (C=O) groups excluding carboxylic acids is 2. The topological polar surface area (TPSA) is 49.9 Å². The van der Waals surface area contributed by atoms with Crippen molar-refractivity contribution in [2.45, 2.75) is 25.8 Å². The van der Waals surface area contributed by atoms with Crippen LogP contribution >= 0.6 is 22.9 Å². The average molecular weight is 501 g/mol. The molecule has 0 N–H and O–H groups in total. The number of carbonyl (C=O) groups is 2. The first-order valence-electron chi connectivity index (χ1n) is 11.3. The summed E-state index contributed by atoms with van der Waals surface area (Å²) in [5, 5.41) is 2.47. The van der Waals surface area contributed by atoms with E-state index in [9.17, 15) is 14.0 Å². The van der Waals surface area contributed by atoms with Crippen LogP contribution in [0.1, 0.15) is 40.2 Å². The zero-order valence-electron chi connectivity index (χ0n) is 18.9. The third-order valence-corrected chi connectivity index (χ3v) is 7.06. The van der Waals surface area contributed by atoms with Crippen LogP contribution in [0.4, 0.5) is 4.39 Å². The van der Waals surface area contributed by atoms with Crippen molar-refractivity contribution in [3.8, 4) is 5.75 Å². The predicted molar refractivity (Wildman–Crippen MR) is 132 cm³/mol. The summed E-state index contributed by atoms with van der Waals surface area (Å²) in [6.07, 6.45) is 1.46. The van der Waals surface area contributed by atoms with Gasteiger partial charge in [0.2, 0.25) is 5.91 Å². The molecule has 0 saturated carbocycles. The van der Waals surface area contributed by atoms with Crippen LogP contribution in [0, 0.1) is 5.82 Å². The van der Waals surface area contributed by atoms with Crippen molar-refractivity contribution in [1.82, 2.24) is 9.80 Å². The van der Waals surface area contributed by atoms with Crippen LogP contribution in [-0.4, -0.2) is 47.9 Å². The first-order valence-corrected chi connectivity index (χ1v) is 12.5. The zero-order chi connectivity index (χ0) is 24.1. The molecule has 1 unspecified atom stereocenters. The van der Waals surface area contributed by atoms with Crippen LogP contribution in [-0.2, 0) is 11.2 Å². The minimum Gasteiger partial charge on any atom is -0.488 e. The molecule has 0 fully saturated rings. The molecule has 1 atom stereocenters. The Labute approximate surface area is 207 Å². The van der Waals surface area contributed by atoms with Gasteiger partial charge in [0.25, 0.3) is 5.91 Å². The average Bonchev–Trinajstić information content (AvgIpc) is 3.32. The number of fused-ring (bicyclic) bond motifs is 1. The number of halogens is 2. The summed E-state index contributed by atoms with van der Waals surface area (Å²) in [6, 6.07) is 14.6. The SMILES string of the molecule is CCCN(CC(=O)N1CCc2sccc2C1COc1ccccc1F)C(=O)c1cccc(Cl)c1. The van der Waals surface area contributed by atoms with Crippen molar-refractivity contribution in [2.24, 2.45) is 0 Å². The largest absolute Gasteiger partial charge is 0.488 e. The second-order valence-corrected chi connectivity index (χ2v) is 9.57. The van der Waals surface area contributed by atoms with Gasteiger partial charge in [-0.3, -0.25) is 9.59 Å². The third-order valence-electron chi connectivity index (χ3n) is 5.83. The molecule has 2 aromatic carbocycles. The lowest BCUT2D eigenvalue weighted by atomic mass is 10.0. The van der Waals surface area contributed by atoms with Gasteiger partial charge in [-0.05, 0) is 60.2 Å². The molecule has 34 heavy (non-hydrogen) atoms. The van der Waals surface area contributed by atoms with E-state index >= 15 is 0 Å². The van der Waals surface area contributed by atoms with E-state index in [-0.39, 0.29) is 36.8 Å². The molecule has 4 rings (SSSR count). The van der Waals surface area contributed by atoms with Crippen molar-refractivity contribution in [2.75, 3.05) is 26.2 Å². The van der Waals surface area contributed by atoms with Gasteiger partial charge in [0.1, 0.15) is 13.2 Å². The van der Waals surface area contributed by atoms with E-state index in [2.05, 4.69) is 0 Å². The molecule has 3 aromatic rings. The molecule has 0 saturated heterocycles. The molecule has 0 radical (unpaired) electrons. The summed E-state index contributed by atoms with van der Waals surface area (Å²) in [6.45, 7) is 3.02. The Balaban J connectivity index is 1.53. The van der Waals surface area contributed by atoms with E-state index in [0.717, 1.165) is 12.0 Å². The molecule has 0 aliphatic carbocycles. The second kappa shape index (κ2) is 11.0. The van der Waals surface area contributed by atoms with E-state index in [1.165, 1.54) is 10.9 Å². The fourth-order valence-corrected chi connectivity index (χ4v) is 5.30. The van der Waals surface area contributed by atoms with E-state index in [4.69, 9.17) is 16.3 Å². The van der Waals surface area contributed by atoms with Gasteiger partial charge in [0.05, 0.1) is 6.04 Å². The van der Waals surface area contributed by atoms with Crippen molar-refractivity contribution in [3.05, 3.63) is 86.8 Å². The first-order chi connectivity index (χ1) is 16.5. The van der Waals surface area contributed by atoms with Crippen LogP contribution in [0.2, 0.25) is 5.02 Å². The lowest BCUT2D eigenvalue weighted by molar-refractivity contribution is -0.135. The predicted octanol–water partition coefficient (Wildman–Crippen LogP) is 5.60. The van der Waals surface area contributed by atoms with Crippen molar-refractivity contribution >= 4 is 34.8 Å². The molecule has 0 spiro atoms. The molecule has 1 aliphatic heterocycles. The Morgan fingerprint density at radius 2 is 2.03 bits per heavy atom. The quantitative estimate of drug-likeness (QED) is 0.404. The van der Waals surface area contributed by atoms with Crippen LogP contribution in [0.15, 0.2) is 60.0 Å². The maximum atomic E-state index is 14.1. The summed E-state index contributed by atoms with van der Waals surface area (Å²) >= 11 is 7.71. The smallest absolute Gasteiger partial charge is 0.254 e. The highest BCUT2D eigenvalue weighted by molar-refractivity contribution is 7.10. The fraction of sp³-hybridized carbons (Fsp3) is 0.308. The van der Waals surface area contributed by atoms with Crippen molar-refractivity contribution in [1.29, 1.82) is 0 Å². The van der Waals surface area contributed by atoms with E-state index in [0.29, 0.717) is 30.1 Å². The number of nitrogens with zero attached hydrogens (tertiary/aromatic N) is 2. The highest BCUT2D eigenvalue weighted by Gasteiger charge is 2.33. The standard InChI is InChI=1S/C26H26ClFN2O3S/c1-2-12-29(26(32)18-6-5-7-19(27)15-18)16-25(31)30-13-10-24-20(11-14-34-24)22(30)17-33-23-9-4-3-8-21(23)28/h3-9,11,14-15,22H,2,10,12-13,16-17H2,1H3. The van der Waals surface area contributed by atoms with E-state index in [1.54, 1.807) is 63.6 Å². The lowest BCUT2D eigenvalue weighted by Gasteiger charge is -2.37. The number of ether oxygens (including phenoxy) is 1. The molecule has 5 nitrogen and oxygen atoms in total. The maximum Gasteiger partial charge on any atom is 0.254 e. The van der Waals surface area contributed by atoms with Gasteiger partial charge in [0.15, 0.2) is 11.6 Å². The Bertz CT molecular complexity index is 1170.